The van der Waals surface area contributed by atoms with Crippen molar-refractivity contribution in [3.8, 4) is 0 Å². The van der Waals surface area contributed by atoms with Crippen molar-refractivity contribution in [3.63, 3.8) is 0 Å². The number of nitrogens with zero attached hydrogens (tertiary/aromatic N) is 1. The number of para-hydroxylation sites is 1. The van der Waals surface area contributed by atoms with E-state index in [-0.39, 0.29) is 13.0 Å². The number of hydrogen-bond donors (Lipinski definition) is 1. The zero-order valence-corrected chi connectivity index (χ0v) is 11.3. The van der Waals surface area contributed by atoms with Crippen molar-refractivity contribution in [1.82, 2.24) is 5.32 Å². The number of halogens is 4. The highest BCUT2D eigenvalue weighted by molar-refractivity contribution is 5.55. The minimum Gasteiger partial charge on any atom is -0.368 e. The van der Waals surface area contributed by atoms with Crippen LogP contribution in [0, 0.1) is 11.7 Å². The number of nitrogens with one attached hydrogen (secondary N) is 1. The summed E-state index contributed by atoms with van der Waals surface area (Å²) in [5.74, 6) is -1.83. The number of benzene rings is 1. The second-order valence-corrected chi connectivity index (χ2v) is 5.10. The van der Waals surface area contributed by atoms with Gasteiger partial charge in [-0.2, -0.15) is 13.2 Å². The SMILES string of the molecule is CNCc1cccc(F)c1N1CCCC(C(F)(F)F)C1. The maximum Gasteiger partial charge on any atom is 0.393 e. The number of hydrogen-bond acceptors (Lipinski definition) is 2. The van der Waals surface area contributed by atoms with Crippen LogP contribution < -0.4 is 10.2 Å². The molecule has 0 spiro atoms. The monoisotopic (exact) mass is 290 g/mol. The first-order chi connectivity index (χ1) is 9.43. The first kappa shape index (κ1) is 15.1. The molecule has 1 aliphatic rings. The fraction of sp³-hybridized carbons (Fsp3) is 0.571. The molecule has 6 heteroatoms. The second-order valence-electron chi connectivity index (χ2n) is 5.10. The van der Waals surface area contributed by atoms with Crippen LogP contribution in [-0.2, 0) is 6.54 Å². The molecule has 1 N–H and O–H groups in total. The summed E-state index contributed by atoms with van der Waals surface area (Å²) < 4.78 is 52.6. The van der Waals surface area contributed by atoms with Gasteiger partial charge in [-0.15, -0.1) is 0 Å². The Hall–Kier alpha value is -1.30. The minimum absolute atomic E-state index is 0.121. The van der Waals surface area contributed by atoms with Crippen molar-refractivity contribution in [2.45, 2.75) is 25.6 Å². The summed E-state index contributed by atoms with van der Waals surface area (Å²) in [6, 6.07) is 4.62. The van der Waals surface area contributed by atoms with E-state index in [0.717, 1.165) is 0 Å². The van der Waals surface area contributed by atoms with Gasteiger partial charge in [0.25, 0.3) is 0 Å². The molecular formula is C14H18F4N2. The molecule has 112 valence electrons. The summed E-state index contributed by atoms with van der Waals surface area (Å²) >= 11 is 0. The van der Waals surface area contributed by atoms with Crippen LogP contribution in [0.5, 0.6) is 0 Å². The normalized spacial score (nSPS) is 20.2. The number of rotatable bonds is 3. The fourth-order valence-corrected chi connectivity index (χ4v) is 2.69. The molecule has 1 unspecified atom stereocenters. The average molecular weight is 290 g/mol. The maximum absolute atomic E-state index is 14.0. The number of anilines is 1. The van der Waals surface area contributed by atoms with Gasteiger partial charge < -0.3 is 10.2 Å². The van der Waals surface area contributed by atoms with Gasteiger partial charge in [-0.3, -0.25) is 0 Å². The van der Waals surface area contributed by atoms with Gasteiger partial charge in [0.2, 0.25) is 0 Å². The Bertz CT molecular complexity index is 459. The van der Waals surface area contributed by atoms with E-state index in [1.807, 2.05) is 0 Å². The Morgan fingerprint density at radius 3 is 2.75 bits per heavy atom. The van der Waals surface area contributed by atoms with E-state index in [0.29, 0.717) is 30.8 Å². The van der Waals surface area contributed by atoms with E-state index in [1.165, 1.54) is 11.0 Å². The molecule has 0 aromatic heterocycles. The summed E-state index contributed by atoms with van der Waals surface area (Å²) in [7, 11) is 1.73. The van der Waals surface area contributed by atoms with Crippen molar-refractivity contribution < 1.29 is 17.6 Å². The maximum atomic E-state index is 14.0. The number of piperidine rings is 1. The molecule has 0 amide bonds. The third-order valence-electron chi connectivity index (χ3n) is 3.64. The van der Waals surface area contributed by atoms with Gasteiger partial charge in [0.05, 0.1) is 11.6 Å². The van der Waals surface area contributed by atoms with Crippen LogP contribution in [0.4, 0.5) is 23.2 Å². The van der Waals surface area contributed by atoms with E-state index in [2.05, 4.69) is 5.32 Å². The van der Waals surface area contributed by atoms with E-state index in [9.17, 15) is 17.6 Å². The Balaban J connectivity index is 2.27. The quantitative estimate of drug-likeness (QED) is 0.859. The van der Waals surface area contributed by atoms with E-state index < -0.39 is 17.9 Å². The lowest BCUT2D eigenvalue weighted by atomic mass is 9.96. The minimum atomic E-state index is -4.22. The molecule has 1 aliphatic heterocycles. The predicted molar refractivity (Wildman–Crippen MR) is 70.2 cm³/mol. The Morgan fingerprint density at radius 1 is 1.35 bits per heavy atom. The lowest BCUT2D eigenvalue weighted by molar-refractivity contribution is -0.176. The summed E-state index contributed by atoms with van der Waals surface area (Å²) in [4.78, 5) is 1.53. The van der Waals surface area contributed by atoms with Crippen LogP contribution in [-0.4, -0.2) is 26.3 Å². The predicted octanol–water partition coefficient (Wildman–Crippen LogP) is 3.32. The van der Waals surface area contributed by atoms with Crippen molar-refractivity contribution >= 4 is 5.69 Å². The molecule has 1 heterocycles. The molecular weight excluding hydrogens is 272 g/mol. The molecule has 1 aromatic rings. The Morgan fingerprint density at radius 2 is 2.10 bits per heavy atom. The second kappa shape index (κ2) is 5.99. The molecule has 0 saturated carbocycles. The molecule has 0 radical (unpaired) electrons. The fourth-order valence-electron chi connectivity index (χ4n) is 2.69. The van der Waals surface area contributed by atoms with Crippen molar-refractivity contribution in [2.24, 2.45) is 5.92 Å². The van der Waals surface area contributed by atoms with Crippen LogP contribution in [0.2, 0.25) is 0 Å². The standard InChI is InChI=1S/C14H18F4N2/c1-19-8-10-4-2-6-12(15)13(10)20-7-3-5-11(9-20)14(16,17)18/h2,4,6,11,19H,3,5,7-9H2,1H3. The largest absolute Gasteiger partial charge is 0.393 e. The lowest BCUT2D eigenvalue weighted by Gasteiger charge is -2.36. The zero-order valence-electron chi connectivity index (χ0n) is 11.3. The molecule has 2 rings (SSSR count). The average Bonchev–Trinajstić information content (AvgIpc) is 2.38. The molecule has 1 aromatic carbocycles. The molecule has 2 nitrogen and oxygen atoms in total. The Kier molecular flexibility index (Phi) is 4.52. The highest BCUT2D eigenvalue weighted by atomic mass is 19.4. The first-order valence-corrected chi connectivity index (χ1v) is 6.67. The van der Waals surface area contributed by atoms with E-state index >= 15 is 0 Å². The molecule has 0 aliphatic carbocycles. The van der Waals surface area contributed by atoms with Gasteiger partial charge in [-0.05, 0) is 31.5 Å². The van der Waals surface area contributed by atoms with Gasteiger partial charge in [-0.25, -0.2) is 4.39 Å². The third-order valence-corrected chi connectivity index (χ3v) is 3.64. The van der Waals surface area contributed by atoms with Gasteiger partial charge in [0.15, 0.2) is 0 Å². The summed E-state index contributed by atoms with van der Waals surface area (Å²) in [5, 5.41) is 2.92. The summed E-state index contributed by atoms with van der Waals surface area (Å²) in [5.41, 5.74) is 0.992. The van der Waals surface area contributed by atoms with Gasteiger partial charge in [-0.1, -0.05) is 12.1 Å². The Labute approximate surface area is 115 Å². The topological polar surface area (TPSA) is 15.3 Å². The van der Waals surface area contributed by atoms with Crippen LogP contribution in [0.25, 0.3) is 0 Å². The third kappa shape index (κ3) is 3.23. The summed E-state index contributed by atoms with van der Waals surface area (Å²) in [6.45, 7) is 0.728. The van der Waals surface area contributed by atoms with Crippen LogP contribution in [0.15, 0.2) is 18.2 Å². The molecule has 1 fully saturated rings. The van der Waals surface area contributed by atoms with Gasteiger partial charge >= 0.3 is 6.18 Å². The van der Waals surface area contributed by atoms with Gasteiger partial charge in [0.1, 0.15) is 5.82 Å². The van der Waals surface area contributed by atoms with Crippen LogP contribution >= 0.6 is 0 Å². The molecule has 20 heavy (non-hydrogen) atoms. The van der Waals surface area contributed by atoms with E-state index in [4.69, 9.17) is 0 Å². The van der Waals surface area contributed by atoms with Crippen molar-refractivity contribution in [2.75, 3.05) is 25.0 Å². The van der Waals surface area contributed by atoms with Crippen LogP contribution in [0.3, 0.4) is 0 Å². The molecule has 1 saturated heterocycles. The summed E-state index contributed by atoms with van der Waals surface area (Å²) in [6.07, 6.45) is -3.67. The van der Waals surface area contributed by atoms with Crippen molar-refractivity contribution in [1.29, 1.82) is 0 Å². The first-order valence-electron chi connectivity index (χ1n) is 6.67. The molecule has 0 bridgehead atoms. The highest BCUT2D eigenvalue weighted by Crippen LogP contribution is 2.36. The number of alkyl halides is 3. The van der Waals surface area contributed by atoms with Crippen LogP contribution in [0.1, 0.15) is 18.4 Å². The molecule has 1 atom stereocenters. The lowest BCUT2D eigenvalue weighted by Crippen LogP contribution is -2.42. The smallest absolute Gasteiger partial charge is 0.368 e. The van der Waals surface area contributed by atoms with Crippen molar-refractivity contribution in [3.05, 3.63) is 29.6 Å². The van der Waals surface area contributed by atoms with Gasteiger partial charge in [0, 0.05) is 19.6 Å². The van der Waals surface area contributed by atoms with E-state index in [1.54, 1.807) is 19.2 Å². The zero-order chi connectivity index (χ0) is 14.8. The highest BCUT2D eigenvalue weighted by Gasteiger charge is 2.42.